The third-order valence-corrected chi connectivity index (χ3v) is 9.68. The molecule has 0 N–H and O–H groups in total. The van der Waals surface area contributed by atoms with Crippen LogP contribution in [-0.2, 0) is 7.05 Å². The molecule has 0 atom stereocenters. The van der Waals surface area contributed by atoms with Crippen molar-refractivity contribution in [2.75, 3.05) is 16.7 Å². The summed E-state index contributed by atoms with van der Waals surface area (Å²) < 4.78 is 3.85. The number of thioether (sulfide) groups is 2. The molecule has 0 aliphatic heterocycles. The van der Waals surface area contributed by atoms with Crippen LogP contribution in [0.1, 0.15) is 69.9 Å². The fraction of sp³-hybridized carbons (Fsp3) is 0.640. The topological polar surface area (TPSA) is 30.2 Å². The van der Waals surface area contributed by atoms with E-state index in [-0.39, 0.29) is 5.56 Å². The first-order chi connectivity index (χ1) is 15.1. The largest absolute Gasteiger partial charge is 0.347 e. The maximum atomic E-state index is 13.6. The number of nitrogens with zero attached hydrogens (tertiary/aromatic N) is 3. The molecule has 1 heterocycles. The van der Waals surface area contributed by atoms with Gasteiger partial charge in [-0.1, -0.05) is 56.7 Å². The van der Waals surface area contributed by atoms with E-state index in [1.165, 1.54) is 64.2 Å². The van der Waals surface area contributed by atoms with Gasteiger partial charge >= 0.3 is 0 Å². The highest BCUT2D eigenvalue weighted by Crippen LogP contribution is 2.33. The van der Waals surface area contributed by atoms with E-state index in [4.69, 9.17) is 0 Å². The van der Waals surface area contributed by atoms with Crippen LogP contribution in [0.3, 0.4) is 0 Å². The molecule has 2 aromatic rings. The van der Waals surface area contributed by atoms with Gasteiger partial charge in [-0.2, -0.15) is 0 Å². The van der Waals surface area contributed by atoms with Gasteiger partial charge in [0.2, 0.25) is 0 Å². The molecule has 0 bridgehead atoms. The summed E-state index contributed by atoms with van der Waals surface area (Å²) in [5.74, 6) is 1.83. The summed E-state index contributed by atoms with van der Waals surface area (Å²) in [6.07, 6.45) is 13.5. The van der Waals surface area contributed by atoms with Crippen LogP contribution in [0.5, 0.6) is 0 Å². The van der Waals surface area contributed by atoms with Crippen LogP contribution < -0.4 is 10.5 Å². The highest BCUT2D eigenvalue weighted by Gasteiger charge is 2.24. The van der Waals surface area contributed by atoms with E-state index in [0.717, 1.165) is 39.3 Å². The van der Waals surface area contributed by atoms with Crippen molar-refractivity contribution in [3.63, 3.8) is 0 Å². The van der Waals surface area contributed by atoms with E-state index in [0.29, 0.717) is 0 Å². The van der Waals surface area contributed by atoms with Crippen molar-refractivity contribution in [3.8, 4) is 5.69 Å². The maximum absolute atomic E-state index is 13.6. The molecule has 0 spiro atoms. The van der Waals surface area contributed by atoms with Gasteiger partial charge < -0.3 is 4.90 Å². The number of para-hydroxylation sites is 1. The smallest absolute Gasteiger partial charge is 0.295 e. The average molecular weight is 460 g/mol. The van der Waals surface area contributed by atoms with Crippen LogP contribution >= 0.6 is 23.5 Å². The monoisotopic (exact) mass is 459 g/mol. The Morgan fingerprint density at radius 3 is 1.90 bits per heavy atom. The third-order valence-electron chi connectivity index (χ3n) is 6.88. The molecule has 0 unspecified atom stereocenters. The van der Waals surface area contributed by atoms with Gasteiger partial charge in [-0.3, -0.25) is 9.48 Å². The summed E-state index contributed by atoms with van der Waals surface area (Å²) in [4.78, 5) is 16.0. The van der Waals surface area contributed by atoms with Crippen LogP contribution in [0.25, 0.3) is 5.69 Å². The van der Waals surface area contributed by atoms with Gasteiger partial charge in [0, 0.05) is 17.5 Å². The van der Waals surface area contributed by atoms with E-state index in [2.05, 4.69) is 35.3 Å². The molecule has 4 nitrogen and oxygen atoms in total. The lowest BCUT2D eigenvalue weighted by Gasteiger charge is -2.29. The fourth-order valence-corrected chi connectivity index (χ4v) is 7.61. The first kappa shape index (κ1) is 22.9. The number of anilines is 1. The molecule has 4 rings (SSSR count). The zero-order chi connectivity index (χ0) is 21.6. The Kier molecular flexibility index (Phi) is 8.16. The molecule has 2 fully saturated rings. The van der Waals surface area contributed by atoms with Crippen molar-refractivity contribution in [2.45, 2.75) is 81.6 Å². The molecular formula is C25H37N3OS2. The van der Waals surface area contributed by atoms with E-state index in [9.17, 15) is 4.79 Å². The lowest BCUT2D eigenvalue weighted by Crippen LogP contribution is -2.31. The standard InChI is InChI=1S/C25H37N3OS2/c1-20-24(25(29)28(26(20)2)21-12-6-3-7-13-21)27(18-30-22-14-8-4-9-15-22)19-31-23-16-10-5-11-17-23/h3,6-7,12-13,22-23H,4-5,8-11,14-19H2,1-2H3. The highest BCUT2D eigenvalue weighted by atomic mass is 32.2. The molecule has 0 saturated heterocycles. The lowest BCUT2D eigenvalue weighted by molar-refractivity contribution is 0.515. The van der Waals surface area contributed by atoms with Crippen molar-refractivity contribution >= 4 is 29.2 Å². The zero-order valence-electron chi connectivity index (χ0n) is 19.1. The Morgan fingerprint density at radius 1 is 0.871 bits per heavy atom. The van der Waals surface area contributed by atoms with Crippen molar-refractivity contribution in [3.05, 3.63) is 46.4 Å². The van der Waals surface area contributed by atoms with Gasteiger partial charge in [-0.25, -0.2) is 4.68 Å². The van der Waals surface area contributed by atoms with E-state index < -0.39 is 0 Å². The number of aromatic nitrogens is 2. The minimum absolute atomic E-state index is 0.111. The van der Waals surface area contributed by atoms with E-state index in [1.807, 2.05) is 46.7 Å². The Labute approximate surface area is 195 Å². The molecular weight excluding hydrogens is 422 g/mol. The number of rotatable bonds is 8. The first-order valence-corrected chi connectivity index (χ1v) is 14.1. The van der Waals surface area contributed by atoms with Gasteiger partial charge in [0.1, 0.15) is 5.69 Å². The summed E-state index contributed by atoms with van der Waals surface area (Å²) >= 11 is 4.14. The lowest BCUT2D eigenvalue weighted by atomic mass is 10.0. The SMILES string of the molecule is Cc1c(N(CSC2CCCCC2)CSC2CCCCC2)c(=O)n(-c2ccccc2)n1C. The summed E-state index contributed by atoms with van der Waals surface area (Å²) in [7, 11) is 2.01. The predicted octanol–water partition coefficient (Wildman–Crippen LogP) is 6.34. The molecule has 1 aromatic carbocycles. The first-order valence-electron chi connectivity index (χ1n) is 12.0. The van der Waals surface area contributed by atoms with Crippen molar-refractivity contribution < 1.29 is 0 Å². The number of benzene rings is 1. The van der Waals surface area contributed by atoms with E-state index >= 15 is 0 Å². The van der Waals surface area contributed by atoms with Crippen molar-refractivity contribution in [1.29, 1.82) is 0 Å². The highest BCUT2D eigenvalue weighted by molar-refractivity contribution is 8.00. The van der Waals surface area contributed by atoms with Gasteiger partial charge in [0.05, 0.1) is 23.1 Å². The third kappa shape index (κ3) is 5.57. The van der Waals surface area contributed by atoms with Gasteiger partial charge in [0.25, 0.3) is 5.56 Å². The second-order valence-electron chi connectivity index (χ2n) is 9.06. The van der Waals surface area contributed by atoms with E-state index in [1.54, 1.807) is 0 Å². The van der Waals surface area contributed by atoms with Crippen LogP contribution in [-0.4, -0.2) is 31.6 Å². The predicted molar refractivity (Wildman–Crippen MR) is 137 cm³/mol. The number of hydrogen-bond donors (Lipinski definition) is 0. The summed E-state index contributed by atoms with van der Waals surface area (Å²) in [6.45, 7) is 2.10. The van der Waals surface area contributed by atoms with Crippen molar-refractivity contribution in [1.82, 2.24) is 9.36 Å². The molecule has 6 heteroatoms. The molecule has 2 aliphatic rings. The second kappa shape index (κ2) is 11.0. The quantitative estimate of drug-likeness (QED) is 0.431. The maximum Gasteiger partial charge on any atom is 0.295 e. The normalized spacial score (nSPS) is 18.4. The molecule has 2 saturated carbocycles. The van der Waals surface area contributed by atoms with Gasteiger partial charge in [-0.15, -0.1) is 23.5 Å². The Morgan fingerprint density at radius 2 is 1.39 bits per heavy atom. The zero-order valence-corrected chi connectivity index (χ0v) is 20.7. The summed E-state index contributed by atoms with van der Waals surface area (Å²) in [6, 6.07) is 10.0. The molecule has 170 valence electrons. The van der Waals surface area contributed by atoms with Crippen LogP contribution in [0.4, 0.5) is 5.69 Å². The Balaban J connectivity index is 1.57. The van der Waals surface area contributed by atoms with Crippen molar-refractivity contribution in [2.24, 2.45) is 7.05 Å². The molecule has 0 radical (unpaired) electrons. The average Bonchev–Trinajstić information content (AvgIpc) is 3.04. The minimum atomic E-state index is 0.111. The minimum Gasteiger partial charge on any atom is -0.347 e. The summed E-state index contributed by atoms with van der Waals surface area (Å²) in [5, 5.41) is 1.49. The molecule has 1 aromatic heterocycles. The second-order valence-corrected chi connectivity index (χ2v) is 11.6. The van der Waals surface area contributed by atoms with Crippen LogP contribution in [0.15, 0.2) is 35.1 Å². The molecule has 31 heavy (non-hydrogen) atoms. The summed E-state index contributed by atoms with van der Waals surface area (Å²) in [5.41, 5.74) is 2.99. The Bertz CT molecular complexity index is 858. The molecule has 0 amide bonds. The number of hydrogen-bond acceptors (Lipinski definition) is 4. The van der Waals surface area contributed by atoms with Gasteiger partial charge in [0.15, 0.2) is 0 Å². The van der Waals surface area contributed by atoms with Crippen LogP contribution in [0, 0.1) is 6.92 Å². The fourth-order valence-electron chi connectivity index (χ4n) is 4.94. The molecule has 2 aliphatic carbocycles. The van der Waals surface area contributed by atoms with Gasteiger partial charge in [-0.05, 0) is 44.7 Å². The Hall–Kier alpha value is -1.27. The van der Waals surface area contributed by atoms with Crippen LogP contribution in [0.2, 0.25) is 0 Å².